The molecule has 1 aliphatic carbocycles. The second-order valence-corrected chi connectivity index (χ2v) is 6.20. The van der Waals surface area contributed by atoms with E-state index in [9.17, 15) is 0 Å². The lowest BCUT2D eigenvalue weighted by Crippen LogP contribution is -2.27. The summed E-state index contributed by atoms with van der Waals surface area (Å²) in [6, 6.07) is 11.0. The number of aromatic nitrogens is 3. The van der Waals surface area contributed by atoms with E-state index in [1.54, 1.807) is 11.0 Å². The maximum absolute atomic E-state index is 4.35. The minimum absolute atomic E-state index is 0.199. The summed E-state index contributed by atoms with van der Waals surface area (Å²) in [5.74, 6) is 1.55. The van der Waals surface area contributed by atoms with Gasteiger partial charge in [-0.3, -0.25) is 4.68 Å². The molecular weight excluding hydrogens is 248 g/mol. The highest BCUT2D eigenvalue weighted by molar-refractivity contribution is 5.29. The van der Waals surface area contributed by atoms with Gasteiger partial charge in [0.15, 0.2) is 5.82 Å². The zero-order valence-electron chi connectivity index (χ0n) is 12.4. The minimum Gasteiger partial charge on any atom is -0.307 e. The molecule has 1 saturated carbocycles. The molecule has 0 bridgehead atoms. The van der Waals surface area contributed by atoms with Crippen LogP contribution in [0.25, 0.3) is 0 Å². The van der Waals surface area contributed by atoms with E-state index >= 15 is 0 Å². The predicted molar refractivity (Wildman–Crippen MR) is 79.3 cm³/mol. The van der Waals surface area contributed by atoms with E-state index in [4.69, 9.17) is 0 Å². The fraction of sp³-hybridized carbons (Fsp3) is 0.500. The normalized spacial score (nSPS) is 26.4. The number of benzene rings is 1. The lowest BCUT2D eigenvalue weighted by molar-refractivity contribution is 0.435. The topological polar surface area (TPSA) is 42.7 Å². The molecule has 0 amide bonds. The van der Waals surface area contributed by atoms with Crippen LogP contribution in [0.3, 0.4) is 0 Å². The number of nitrogens with zero attached hydrogens (tertiary/aromatic N) is 3. The van der Waals surface area contributed by atoms with Gasteiger partial charge in [0.25, 0.3) is 0 Å². The number of nitrogens with one attached hydrogen (secondary N) is 1. The van der Waals surface area contributed by atoms with Gasteiger partial charge in [-0.1, -0.05) is 37.3 Å². The Hall–Kier alpha value is -1.68. The Labute approximate surface area is 120 Å². The van der Waals surface area contributed by atoms with Gasteiger partial charge in [0, 0.05) is 13.6 Å². The van der Waals surface area contributed by atoms with Crippen LogP contribution in [0, 0.1) is 5.41 Å². The Morgan fingerprint density at radius 2 is 2.15 bits per heavy atom. The van der Waals surface area contributed by atoms with Crippen LogP contribution in [0.4, 0.5) is 0 Å². The van der Waals surface area contributed by atoms with Gasteiger partial charge in [-0.15, -0.1) is 0 Å². The fourth-order valence-electron chi connectivity index (χ4n) is 2.84. The van der Waals surface area contributed by atoms with Gasteiger partial charge in [0.2, 0.25) is 0 Å². The third-order valence-corrected chi connectivity index (χ3v) is 4.37. The SMILES string of the molecule is C[C@H](NC[C@@]1(C)C[C@@H]1c1ccccc1)c1ncn(C)n1. The van der Waals surface area contributed by atoms with Crippen molar-refractivity contribution >= 4 is 0 Å². The standard InChI is InChI=1S/C16H22N4/c1-12(15-18-11-20(3)19-15)17-10-16(2)9-14(16)13-7-5-4-6-8-13/h4-8,11-12,14,17H,9-10H2,1-3H3/t12-,14+,16+/m0/s1. The average molecular weight is 270 g/mol. The molecule has 0 unspecified atom stereocenters. The molecule has 0 saturated heterocycles. The lowest BCUT2D eigenvalue weighted by Gasteiger charge is -2.16. The summed E-state index contributed by atoms with van der Waals surface area (Å²) in [6.45, 7) is 5.49. The largest absolute Gasteiger partial charge is 0.307 e. The average Bonchev–Trinajstić information content (AvgIpc) is 2.94. The van der Waals surface area contributed by atoms with Crippen molar-refractivity contribution in [1.29, 1.82) is 0 Å². The molecule has 3 rings (SSSR count). The molecule has 1 aromatic heterocycles. The van der Waals surface area contributed by atoms with Gasteiger partial charge >= 0.3 is 0 Å². The second kappa shape index (κ2) is 5.02. The zero-order chi connectivity index (χ0) is 14.2. The predicted octanol–water partition coefficient (Wildman–Crippen LogP) is 2.66. The van der Waals surface area contributed by atoms with Gasteiger partial charge in [-0.25, -0.2) is 4.98 Å². The highest BCUT2D eigenvalue weighted by Gasteiger charge is 2.50. The molecule has 3 atom stereocenters. The van der Waals surface area contributed by atoms with Gasteiger partial charge in [0.05, 0.1) is 6.04 Å². The van der Waals surface area contributed by atoms with E-state index in [2.05, 4.69) is 59.6 Å². The summed E-state index contributed by atoms with van der Waals surface area (Å²) in [5, 5.41) is 7.93. The first kappa shape index (κ1) is 13.3. The Morgan fingerprint density at radius 1 is 1.40 bits per heavy atom. The van der Waals surface area contributed by atoms with Gasteiger partial charge in [0.1, 0.15) is 6.33 Å². The number of aryl methyl sites for hydroxylation is 1. The van der Waals surface area contributed by atoms with E-state index < -0.39 is 0 Å². The molecule has 1 heterocycles. The molecule has 1 N–H and O–H groups in total. The van der Waals surface area contributed by atoms with Crippen molar-refractivity contribution < 1.29 is 0 Å². The summed E-state index contributed by atoms with van der Waals surface area (Å²) in [4.78, 5) is 4.30. The first-order valence-corrected chi connectivity index (χ1v) is 7.22. The molecule has 1 fully saturated rings. The zero-order valence-corrected chi connectivity index (χ0v) is 12.4. The second-order valence-electron chi connectivity index (χ2n) is 6.20. The van der Waals surface area contributed by atoms with Crippen molar-refractivity contribution in [2.45, 2.75) is 32.2 Å². The van der Waals surface area contributed by atoms with Crippen LogP contribution < -0.4 is 5.32 Å². The quantitative estimate of drug-likeness (QED) is 0.908. The first-order valence-electron chi connectivity index (χ1n) is 7.22. The summed E-state index contributed by atoms with van der Waals surface area (Å²) in [5.41, 5.74) is 1.82. The maximum Gasteiger partial charge on any atom is 0.167 e. The fourth-order valence-corrected chi connectivity index (χ4v) is 2.84. The molecule has 0 radical (unpaired) electrons. The van der Waals surface area contributed by atoms with E-state index in [1.165, 1.54) is 12.0 Å². The van der Waals surface area contributed by atoms with Crippen molar-refractivity contribution in [3.8, 4) is 0 Å². The molecule has 106 valence electrons. The molecule has 4 heteroatoms. The van der Waals surface area contributed by atoms with Gasteiger partial charge in [-0.2, -0.15) is 5.10 Å². The molecular formula is C16H22N4. The van der Waals surface area contributed by atoms with Crippen molar-refractivity contribution in [2.24, 2.45) is 12.5 Å². The molecule has 4 nitrogen and oxygen atoms in total. The third kappa shape index (κ3) is 2.61. The summed E-state index contributed by atoms with van der Waals surface area (Å²) < 4.78 is 1.75. The highest BCUT2D eigenvalue weighted by atomic mass is 15.3. The van der Waals surface area contributed by atoms with E-state index in [-0.39, 0.29) is 6.04 Å². The monoisotopic (exact) mass is 270 g/mol. The van der Waals surface area contributed by atoms with Crippen molar-refractivity contribution in [2.75, 3.05) is 6.54 Å². The molecule has 2 aromatic rings. The maximum atomic E-state index is 4.35. The molecule has 1 aromatic carbocycles. The number of rotatable bonds is 5. The number of hydrogen-bond donors (Lipinski definition) is 1. The number of hydrogen-bond acceptors (Lipinski definition) is 3. The summed E-state index contributed by atoms with van der Waals surface area (Å²) in [7, 11) is 1.90. The van der Waals surface area contributed by atoms with Crippen molar-refractivity contribution in [3.05, 3.63) is 48.0 Å². The molecule has 20 heavy (non-hydrogen) atoms. The summed E-state index contributed by atoms with van der Waals surface area (Å²) in [6.07, 6.45) is 3.01. The van der Waals surface area contributed by atoms with Crippen LogP contribution in [0.5, 0.6) is 0 Å². The smallest absolute Gasteiger partial charge is 0.167 e. The summed E-state index contributed by atoms with van der Waals surface area (Å²) >= 11 is 0. The van der Waals surface area contributed by atoms with Crippen LogP contribution in [-0.4, -0.2) is 21.3 Å². The Balaban J connectivity index is 1.57. The van der Waals surface area contributed by atoms with Crippen LogP contribution in [0.1, 0.15) is 43.6 Å². The van der Waals surface area contributed by atoms with Crippen LogP contribution >= 0.6 is 0 Å². The van der Waals surface area contributed by atoms with E-state index in [0.29, 0.717) is 11.3 Å². The first-order chi connectivity index (χ1) is 9.58. The lowest BCUT2D eigenvalue weighted by atomic mass is 10.0. The van der Waals surface area contributed by atoms with E-state index in [0.717, 1.165) is 12.4 Å². The van der Waals surface area contributed by atoms with Crippen LogP contribution in [0.2, 0.25) is 0 Å². The van der Waals surface area contributed by atoms with Crippen molar-refractivity contribution in [1.82, 2.24) is 20.1 Å². The minimum atomic E-state index is 0.199. The Morgan fingerprint density at radius 3 is 2.80 bits per heavy atom. The van der Waals surface area contributed by atoms with Crippen molar-refractivity contribution in [3.63, 3.8) is 0 Å². The van der Waals surface area contributed by atoms with Gasteiger partial charge < -0.3 is 5.32 Å². The Bertz CT molecular complexity index is 577. The van der Waals surface area contributed by atoms with Crippen LogP contribution in [-0.2, 0) is 7.05 Å². The van der Waals surface area contributed by atoms with Crippen LogP contribution in [0.15, 0.2) is 36.7 Å². The molecule has 0 aliphatic heterocycles. The molecule has 1 aliphatic rings. The third-order valence-electron chi connectivity index (χ3n) is 4.37. The highest BCUT2D eigenvalue weighted by Crippen LogP contribution is 2.58. The van der Waals surface area contributed by atoms with E-state index in [1.807, 2.05) is 7.05 Å². The van der Waals surface area contributed by atoms with Gasteiger partial charge in [-0.05, 0) is 30.2 Å². The molecule has 0 spiro atoms. The Kier molecular flexibility index (Phi) is 3.34.